The molecule has 1 fully saturated rings. The van der Waals surface area contributed by atoms with Gasteiger partial charge in [-0.3, -0.25) is 10.00 Å². The standard InChI is InChI=1S/C8H15N5/c1-7-10-8(12-11-7)6-13-4-2-9-3-5-13/h9H,2-6H2,1H3,(H,10,11,12). The molecule has 1 saturated heterocycles. The predicted octanol–water partition coefficient (Wildman–Crippen LogP) is -0.482. The van der Waals surface area contributed by atoms with Crippen LogP contribution in [-0.2, 0) is 6.54 Å². The second-order valence-corrected chi connectivity index (χ2v) is 3.36. The van der Waals surface area contributed by atoms with E-state index >= 15 is 0 Å². The molecule has 1 aliphatic heterocycles. The van der Waals surface area contributed by atoms with Crippen LogP contribution in [0.5, 0.6) is 0 Å². The van der Waals surface area contributed by atoms with Crippen LogP contribution in [0.1, 0.15) is 11.6 Å². The summed E-state index contributed by atoms with van der Waals surface area (Å²) in [6.45, 7) is 7.12. The number of aromatic nitrogens is 3. The van der Waals surface area contributed by atoms with E-state index in [4.69, 9.17) is 0 Å². The molecule has 1 aromatic rings. The van der Waals surface area contributed by atoms with Crippen LogP contribution in [0.15, 0.2) is 0 Å². The zero-order valence-corrected chi connectivity index (χ0v) is 7.88. The second kappa shape index (κ2) is 3.85. The van der Waals surface area contributed by atoms with Crippen molar-refractivity contribution in [3.05, 3.63) is 11.6 Å². The highest BCUT2D eigenvalue weighted by molar-refractivity contribution is 4.88. The minimum atomic E-state index is 0.867. The highest BCUT2D eigenvalue weighted by Gasteiger charge is 2.11. The highest BCUT2D eigenvalue weighted by atomic mass is 15.3. The maximum Gasteiger partial charge on any atom is 0.164 e. The van der Waals surface area contributed by atoms with E-state index in [9.17, 15) is 0 Å². The number of hydrogen-bond acceptors (Lipinski definition) is 4. The van der Waals surface area contributed by atoms with Crippen molar-refractivity contribution in [2.24, 2.45) is 0 Å². The molecule has 5 heteroatoms. The molecule has 0 amide bonds. The van der Waals surface area contributed by atoms with Crippen molar-refractivity contribution in [2.45, 2.75) is 13.5 Å². The molecule has 0 spiro atoms. The molecule has 2 rings (SSSR count). The Kier molecular flexibility index (Phi) is 2.56. The summed E-state index contributed by atoms with van der Waals surface area (Å²) in [5, 5.41) is 10.3. The first-order chi connectivity index (χ1) is 6.34. The number of rotatable bonds is 2. The fourth-order valence-corrected chi connectivity index (χ4v) is 1.53. The van der Waals surface area contributed by atoms with Crippen molar-refractivity contribution < 1.29 is 0 Å². The van der Waals surface area contributed by atoms with Gasteiger partial charge in [-0.15, -0.1) is 0 Å². The van der Waals surface area contributed by atoms with Gasteiger partial charge >= 0.3 is 0 Å². The number of piperazine rings is 1. The Morgan fingerprint density at radius 3 is 2.77 bits per heavy atom. The summed E-state index contributed by atoms with van der Waals surface area (Å²) in [5.74, 6) is 1.80. The lowest BCUT2D eigenvalue weighted by molar-refractivity contribution is 0.228. The Labute approximate surface area is 77.5 Å². The van der Waals surface area contributed by atoms with Crippen molar-refractivity contribution in [2.75, 3.05) is 26.2 Å². The van der Waals surface area contributed by atoms with Crippen LogP contribution in [-0.4, -0.2) is 46.3 Å². The first kappa shape index (κ1) is 8.65. The molecule has 2 N–H and O–H groups in total. The van der Waals surface area contributed by atoms with Crippen LogP contribution in [0.3, 0.4) is 0 Å². The molecule has 0 aromatic carbocycles. The van der Waals surface area contributed by atoms with Crippen LogP contribution in [0.25, 0.3) is 0 Å². The fraction of sp³-hybridized carbons (Fsp3) is 0.750. The lowest BCUT2D eigenvalue weighted by Crippen LogP contribution is -2.43. The van der Waals surface area contributed by atoms with Crippen LogP contribution in [0.4, 0.5) is 0 Å². The molecule has 72 valence electrons. The maximum atomic E-state index is 4.28. The second-order valence-electron chi connectivity index (χ2n) is 3.36. The van der Waals surface area contributed by atoms with Gasteiger partial charge in [0.2, 0.25) is 0 Å². The fourth-order valence-electron chi connectivity index (χ4n) is 1.53. The van der Waals surface area contributed by atoms with Crippen molar-refractivity contribution in [1.82, 2.24) is 25.4 Å². The van der Waals surface area contributed by atoms with Crippen molar-refractivity contribution >= 4 is 0 Å². The van der Waals surface area contributed by atoms with Gasteiger partial charge in [0.25, 0.3) is 0 Å². The van der Waals surface area contributed by atoms with Crippen LogP contribution >= 0.6 is 0 Å². The highest BCUT2D eigenvalue weighted by Crippen LogP contribution is 1.99. The van der Waals surface area contributed by atoms with Gasteiger partial charge in [-0.1, -0.05) is 0 Å². The summed E-state index contributed by atoms with van der Waals surface area (Å²) < 4.78 is 0. The third-order valence-corrected chi connectivity index (χ3v) is 2.22. The predicted molar refractivity (Wildman–Crippen MR) is 49.3 cm³/mol. The molecule has 1 aromatic heterocycles. The Balaban J connectivity index is 1.89. The molecular formula is C8H15N5. The Bertz CT molecular complexity index is 263. The van der Waals surface area contributed by atoms with Gasteiger partial charge in [0.15, 0.2) is 5.82 Å². The van der Waals surface area contributed by atoms with E-state index in [1.807, 2.05) is 6.92 Å². The van der Waals surface area contributed by atoms with E-state index in [1.165, 1.54) is 0 Å². The first-order valence-electron chi connectivity index (χ1n) is 4.65. The number of H-pyrrole nitrogens is 1. The Morgan fingerprint density at radius 2 is 2.15 bits per heavy atom. The maximum absolute atomic E-state index is 4.28. The number of hydrogen-bond donors (Lipinski definition) is 2. The van der Waals surface area contributed by atoms with Crippen LogP contribution in [0, 0.1) is 6.92 Å². The van der Waals surface area contributed by atoms with Crippen molar-refractivity contribution in [3.63, 3.8) is 0 Å². The SMILES string of the molecule is Cc1nc(CN2CCNCC2)n[nH]1. The first-order valence-corrected chi connectivity index (χ1v) is 4.65. The van der Waals surface area contributed by atoms with E-state index in [0.717, 1.165) is 44.4 Å². The summed E-state index contributed by atoms with van der Waals surface area (Å²) in [5.41, 5.74) is 0. The molecule has 5 nitrogen and oxygen atoms in total. The number of nitrogens with zero attached hydrogens (tertiary/aromatic N) is 3. The summed E-state index contributed by atoms with van der Waals surface area (Å²) in [6, 6.07) is 0. The van der Waals surface area contributed by atoms with Crippen LogP contribution in [0.2, 0.25) is 0 Å². The molecule has 0 unspecified atom stereocenters. The Morgan fingerprint density at radius 1 is 1.38 bits per heavy atom. The molecule has 0 aliphatic carbocycles. The topological polar surface area (TPSA) is 56.8 Å². The van der Waals surface area contributed by atoms with Crippen molar-refractivity contribution in [3.8, 4) is 0 Å². The summed E-state index contributed by atoms with van der Waals surface area (Å²) in [6.07, 6.45) is 0. The number of aromatic amines is 1. The average Bonchev–Trinajstić information content (AvgIpc) is 2.53. The van der Waals surface area contributed by atoms with Gasteiger partial charge in [-0.05, 0) is 6.92 Å². The minimum Gasteiger partial charge on any atom is -0.314 e. The largest absolute Gasteiger partial charge is 0.314 e. The number of aryl methyl sites for hydroxylation is 1. The van der Waals surface area contributed by atoms with Gasteiger partial charge in [0.1, 0.15) is 5.82 Å². The van der Waals surface area contributed by atoms with E-state index in [2.05, 4.69) is 25.4 Å². The van der Waals surface area contributed by atoms with Gasteiger partial charge in [-0.2, -0.15) is 5.10 Å². The van der Waals surface area contributed by atoms with E-state index < -0.39 is 0 Å². The average molecular weight is 181 g/mol. The van der Waals surface area contributed by atoms with Crippen molar-refractivity contribution in [1.29, 1.82) is 0 Å². The Hall–Kier alpha value is -0.940. The van der Waals surface area contributed by atoms with Gasteiger partial charge in [0.05, 0.1) is 6.54 Å². The quantitative estimate of drug-likeness (QED) is 0.647. The third-order valence-electron chi connectivity index (χ3n) is 2.22. The molecule has 13 heavy (non-hydrogen) atoms. The zero-order chi connectivity index (χ0) is 9.10. The molecule has 2 heterocycles. The lowest BCUT2D eigenvalue weighted by atomic mass is 10.3. The van der Waals surface area contributed by atoms with Crippen LogP contribution < -0.4 is 5.32 Å². The third kappa shape index (κ3) is 2.26. The summed E-state index contributed by atoms with van der Waals surface area (Å²) in [7, 11) is 0. The molecule has 0 atom stereocenters. The monoisotopic (exact) mass is 181 g/mol. The summed E-state index contributed by atoms with van der Waals surface area (Å²) in [4.78, 5) is 6.64. The van der Waals surface area contributed by atoms with Gasteiger partial charge in [-0.25, -0.2) is 4.98 Å². The minimum absolute atomic E-state index is 0.867. The van der Waals surface area contributed by atoms with Gasteiger partial charge in [0, 0.05) is 26.2 Å². The smallest absolute Gasteiger partial charge is 0.164 e. The molecule has 0 bridgehead atoms. The molecule has 0 radical (unpaired) electrons. The zero-order valence-electron chi connectivity index (χ0n) is 7.88. The molecule has 0 saturated carbocycles. The number of nitrogens with one attached hydrogen (secondary N) is 2. The van der Waals surface area contributed by atoms with Gasteiger partial charge < -0.3 is 5.32 Å². The van der Waals surface area contributed by atoms with E-state index in [-0.39, 0.29) is 0 Å². The normalized spacial score (nSPS) is 19.2. The van der Waals surface area contributed by atoms with E-state index in [1.54, 1.807) is 0 Å². The van der Waals surface area contributed by atoms with E-state index in [0.29, 0.717) is 0 Å². The lowest BCUT2D eigenvalue weighted by Gasteiger charge is -2.25. The molecule has 1 aliphatic rings. The molecular weight excluding hydrogens is 166 g/mol. The summed E-state index contributed by atoms with van der Waals surface area (Å²) >= 11 is 0.